The summed E-state index contributed by atoms with van der Waals surface area (Å²) in [7, 11) is 0. The van der Waals surface area contributed by atoms with Crippen LogP contribution in [-0.2, 0) is 4.79 Å². The molecule has 0 aliphatic carbocycles. The summed E-state index contributed by atoms with van der Waals surface area (Å²) in [6.07, 6.45) is 8.15. The number of likely N-dealkylation sites (tertiary alicyclic amines) is 1. The molecule has 5 heteroatoms. The highest BCUT2D eigenvalue weighted by Crippen LogP contribution is 2.25. The molecular formula is C17H21N3O2. The number of nitrogens with zero attached hydrogens (tertiary/aromatic N) is 3. The van der Waals surface area contributed by atoms with Gasteiger partial charge in [0, 0.05) is 12.4 Å². The molecule has 5 nitrogen and oxygen atoms in total. The molecule has 1 saturated heterocycles. The Bertz CT molecular complexity index is 599. The summed E-state index contributed by atoms with van der Waals surface area (Å²) in [6, 6.07) is 8.98. The summed E-state index contributed by atoms with van der Waals surface area (Å²) < 4.78 is 1.77. The maximum Gasteiger partial charge on any atom is 0.325 e. The van der Waals surface area contributed by atoms with E-state index in [9.17, 15) is 9.90 Å². The molecule has 1 aromatic carbocycles. The maximum atomic E-state index is 11.8. The second kappa shape index (κ2) is 6.75. The lowest BCUT2D eigenvalue weighted by atomic mass is 10.0. The molecule has 0 radical (unpaired) electrons. The number of carboxylic acid groups (broad SMARTS) is 1. The number of rotatable bonds is 4. The van der Waals surface area contributed by atoms with Gasteiger partial charge in [0.25, 0.3) is 0 Å². The fourth-order valence-corrected chi connectivity index (χ4v) is 3.09. The lowest BCUT2D eigenvalue weighted by Gasteiger charge is -2.27. The van der Waals surface area contributed by atoms with Crippen molar-refractivity contribution in [2.24, 2.45) is 0 Å². The van der Waals surface area contributed by atoms with E-state index in [1.165, 1.54) is 12.8 Å². The number of aliphatic carboxylic acids is 1. The van der Waals surface area contributed by atoms with Crippen LogP contribution in [0.5, 0.6) is 0 Å². The summed E-state index contributed by atoms with van der Waals surface area (Å²) in [6.45, 7) is 1.72. The molecule has 1 aliphatic rings. The Hall–Kier alpha value is -2.14. The van der Waals surface area contributed by atoms with Crippen molar-refractivity contribution < 1.29 is 9.90 Å². The van der Waals surface area contributed by atoms with E-state index in [2.05, 4.69) is 10.00 Å². The van der Waals surface area contributed by atoms with Crippen molar-refractivity contribution in [2.45, 2.75) is 31.7 Å². The number of aromatic nitrogens is 2. The van der Waals surface area contributed by atoms with Crippen LogP contribution >= 0.6 is 0 Å². The fraction of sp³-hybridized carbons (Fsp3) is 0.412. The molecule has 1 atom stereocenters. The SMILES string of the molecule is O=C(O)[C@H](c1ccc(-n2cccn2)cc1)N1CCCCCC1. The van der Waals surface area contributed by atoms with Gasteiger partial charge < -0.3 is 5.11 Å². The summed E-state index contributed by atoms with van der Waals surface area (Å²) in [5, 5.41) is 13.9. The number of hydrogen-bond donors (Lipinski definition) is 1. The zero-order valence-electron chi connectivity index (χ0n) is 12.6. The molecular weight excluding hydrogens is 278 g/mol. The van der Waals surface area contributed by atoms with Gasteiger partial charge in [-0.1, -0.05) is 25.0 Å². The average Bonchev–Trinajstić information content (AvgIpc) is 2.93. The first-order valence-corrected chi connectivity index (χ1v) is 7.82. The van der Waals surface area contributed by atoms with Crippen molar-refractivity contribution in [3.63, 3.8) is 0 Å². The molecule has 1 aromatic heterocycles. The Morgan fingerprint density at radius 1 is 1.09 bits per heavy atom. The smallest absolute Gasteiger partial charge is 0.325 e. The van der Waals surface area contributed by atoms with Crippen LogP contribution < -0.4 is 0 Å². The lowest BCUT2D eigenvalue weighted by Crippen LogP contribution is -2.34. The van der Waals surface area contributed by atoms with E-state index < -0.39 is 12.0 Å². The minimum Gasteiger partial charge on any atom is -0.480 e. The van der Waals surface area contributed by atoms with Crippen molar-refractivity contribution in [3.05, 3.63) is 48.3 Å². The number of carboxylic acids is 1. The molecule has 0 spiro atoms. The van der Waals surface area contributed by atoms with Crippen molar-refractivity contribution in [1.29, 1.82) is 0 Å². The zero-order chi connectivity index (χ0) is 15.4. The minimum atomic E-state index is -0.770. The molecule has 0 saturated carbocycles. The molecule has 2 aromatic rings. The number of carbonyl (C=O) groups is 1. The van der Waals surface area contributed by atoms with Crippen LogP contribution in [0.1, 0.15) is 37.3 Å². The third kappa shape index (κ3) is 3.20. The van der Waals surface area contributed by atoms with Crippen molar-refractivity contribution in [3.8, 4) is 5.69 Å². The summed E-state index contributed by atoms with van der Waals surface area (Å²) in [5.74, 6) is -0.770. The van der Waals surface area contributed by atoms with Crippen molar-refractivity contribution in [1.82, 2.24) is 14.7 Å². The van der Waals surface area contributed by atoms with Gasteiger partial charge in [0.15, 0.2) is 0 Å². The van der Waals surface area contributed by atoms with Gasteiger partial charge in [0.05, 0.1) is 5.69 Å². The molecule has 1 fully saturated rings. The Morgan fingerprint density at radius 2 is 1.77 bits per heavy atom. The maximum absolute atomic E-state index is 11.8. The van der Waals surface area contributed by atoms with Gasteiger partial charge >= 0.3 is 5.97 Å². The first kappa shape index (κ1) is 14.8. The van der Waals surface area contributed by atoms with Gasteiger partial charge in [-0.25, -0.2) is 4.68 Å². The molecule has 116 valence electrons. The standard InChI is InChI=1S/C17H21N3O2/c21-17(22)16(19-11-3-1-2-4-12-19)14-6-8-15(9-7-14)20-13-5-10-18-20/h5-10,13,16H,1-4,11-12H2,(H,21,22)/t16-/m0/s1. The third-order valence-electron chi connectivity index (χ3n) is 4.22. The molecule has 2 heterocycles. The van der Waals surface area contributed by atoms with E-state index in [0.29, 0.717) is 0 Å². The average molecular weight is 299 g/mol. The summed E-state index contributed by atoms with van der Waals surface area (Å²) >= 11 is 0. The first-order valence-electron chi connectivity index (χ1n) is 7.82. The Balaban J connectivity index is 1.83. The monoisotopic (exact) mass is 299 g/mol. The molecule has 0 amide bonds. The van der Waals surface area contributed by atoms with Crippen LogP contribution in [0, 0.1) is 0 Å². The Labute approximate surface area is 130 Å². The summed E-state index contributed by atoms with van der Waals surface area (Å²) in [5.41, 5.74) is 1.78. The van der Waals surface area contributed by atoms with Gasteiger partial charge in [0.1, 0.15) is 6.04 Å². The highest BCUT2D eigenvalue weighted by molar-refractivity contribution is 5.75. The van der Waals surface area contributed by atoms with Crippen LogP contribution in [0.15, 0.2) is 42.7 Å². The molecule has 0 bridgehead atoms. The predicted octanol–water partition coefficient (Wildman–Crippen LogP) is 2.87. The van der Waals surface area contributed by atoms with Gasteiger partial charge in [-0.15, -0.1) is 0 Å². The number of hydrogen-bond acceptors (Lipinski definition) is 3. The molecule has 1 N–H and O–H groups in total. The van der Waals surface area contributed by atoms with Crippen LogP contribution in [0.4, 0.5) is 0 Å². The highest BCUT2D eigenvalue weighted by Gasteiger charge is 2.27. The Morgan fingerprint density at radius 3 is 2.32 bits per heavy atom. The second-order valence-corrected chi connectivity index (χ2v) is 5.73. The lowest BCUT2D eigenvalue weighted by molar-refractivity contribution is -0.143. The van der Waals surface area contributed by atoms with Crippen LogP contribution in [0.2, 0.25) is 0 Å². The fourth-order valence-electron chi connectivity index (χ4n) is 3.09. The largest absolute Gasteiger partial charge is 0.480 e. The third-order valence-corrected chi connectivity index (χ3v) is 4.22. The minimum absolute atomic E-state index is 0.551. The molecule has 3 rings (SSSR count). The van der Waals surface area contributed by atoms with Crippen molar-refractivity contribution in [2.75, 3.05) is 13.1 Å². The quantitative estimate of drug-likeness (QED) is 0.943. The van der Waals surface area contributed by atoms with Crippen LogP contribution in [-0.4, -0.2) is 38.8 Å². The molecule has 22 heavy (non-hydrogen) atoms. The van der Waals surface area contributed by atoms with Gasteiger partial charge in [-0.2, -0.15) is 5.10 Å². The van der Waals surface area contributed by atoms with Gasteiger partial charge in [0.2, 0.25) is 0 Å². The second-order valence-electron chi connectivity index (χ2n) is 5.73. The normalized spacial score (nSPS) is 17.8. The van der Waals surface area contributed by atoms with E-state index in [0.717, 1.165) is 37.2 Å². The first-order chi connectivity index (χ1) is 10.8. The zero-order valence-corrected chi connectivity index (χ0v) is 12.6. The van der Waals surface area contributed by atoms with Gasteiger partial charge in [-0.3, -0.25) is 9.69 Å². The van der Waals surface area contributed by atoms with E-state index in [1.807, 2.05) is 36.5 Å². The Kier molecular flexibility index (Phi) is 4.53. The van der Waals surface area contributed by atoms with Gasteiger partial charge in [-0.05, 0) is 49.7 Å². The van der Waals surface area contributed by atoms with Crippen LogP contribution in [0.25, 0.3) is 5.69 Å². The molecule has 1 aliphatic heterocycles. The van der Waals surface area contributed by atoms with E-state index in [4.69, 9.17) is 0 Å². The van der Waals surface area contributed by atoms with E-state index in [-0.39, 0.29) is 0 Å². The molecule has 0 unspecified atom stereocenters. The van der Waals surface area contributed by atoms with E-state index in [1.54, 1.807) is 10.9 Å². The van der Waals surface area contributed by atoms with Crippen molar-refractivity contribution >= 4 is 5.97 Å². The number of benzene rings is 1. The van der Waals surface area contributed by atoms with Crippen LogP contribution in [0.3, 0.4) is 0 Å². The predicted molar refractivity (Wildman–Crippen MR) is 84.0 cm³/mol. The van der Waals surface area contributed by atoms with E-state index >= 15 is 0 Å². The topological polar surface area (TPSA) is 58.4 Å². The highest BCUT2D eigenvalue weighted by atomic mass is 16.4. The summed E-state index contributed by atoms with van der Waals surface area (Å²) in [4.78, 5) is 13.9.